The molecule has 1 nitrogen and oxygen atoms in total. The fraction of sp³-hybridized carbons (Fsp3) is 0.235. The molecule has 0 bridgehead atoms. The van der Waals surface area contributed by atoms with Crippen LogP contribution in [0, 0.1) is 6.92 Å². The summed E-state index contributed by atoms with van der Waals surface area (Å²) < 4.78 is 0. The summed E-state index contributed by atoms with van der Waals surface area (Å²) in [5.41, 5.74) is 4.30. The van der Waals surface area contributed by atoms with Crippen LogP contribution in [-0.2, 0) is 0 Å². The Kier molecular flexibility index (Phi) is 4.75. The number of aliphatic imine (C=N–C) groups is 1. The van der Waals surface area contributed by atoms with Crippen LogP contribution in [0.25, 0.3) is 0 Å². The van der Waals surface area contributed by atoms with Gasteiger partial charge < -0.3 is 0 Å². The molecular formula is C17H18ClN. The van der Waals surface area contributed by atoms with Crippen LogP contribution in [0.1, 0.15) is 30.9 Å². The average molecular weight is 272 g/mol. The molecule has 0 unspecified atom stereocenters. The maximum Gasteiger partial charge on any atom is 0.0662 e. The lowest BCUT2D eigenvalue weighted by Crippen LogP contribution is -2.01. The molecule has 2 rings (SSSR count). The summed E-state index contributed by atoms with van der Waals surface area (Å²) >= 11 is 6.28. The lowest BCUT2D eigenvalue weighted by Gasteiger charge is -2.09. The summed E-state index contributed by atoms with van der Waals surface area (Å²) in [5, 5.41) is 0.767. The van der Waals surface area contributed by atoms with Crippen molar-refractivity contribution in [3.63, 3.8) is 0 Å². The third-order valence-electron chi connectivity index (χ3n) is 3.04. The Morgan fingerprint density at radius 2 is 1.74 bits per heavy atom. The summed E-state index contributed by atoms with van der Waals surface area (Å²) in [7, 11) is 0. The van der Waals surface area contributed by atoms with E-state index in [0.29, 0.717) is 0 Å². The van der Waals surface area contributed by atoms with Crippen LogP contribution in [0.2, 0.25) is 5.02 Å². The lowest BCUT2D eigenvalue weighted by molar-refractivity contribution is 0.992. The molecule has 2 aromatic rings. The Balaban J connectivity index is 2.47. The molecule has 2 aromatic carbocycles. The SMILES string of the molecule is CCC/C(=N\c1ccccc1C)c1ccccc1Cl. The van der Waals surface area contributed by atoms with Crippen molar-refractivity contribution in [1.29, 1.82) is 0 Å². The van der Waals surface area contributed by atoms with Gasteiger partial charge in [-0.2, -0.15) is 0 Å². The fourth-order valence-corrected chi connectivity index (χ4v) is 2.26. The minimum Gasteiger partial charge on any atom is -0.253 e. The zero-order valence-corrected chi connectivity index (χ0v) is 12.1. The highest BCUT2D eigenvalue weighted by Gasteiger charge is 2.07. The van der Waals surface area contributed by atoms with E-state index in [1.165, 1.54) is 5.56 Å². The van der Waals surface area contributed by atoms with Gasteiger partial charge in [0, 0.05) is 16.3 Å². The molecule has 0 aliphatic rings. The van der Waals surface area contributed by atoms with E-state index in [2.05, 4.69) is 19.9 Å². The number of rotatable bonds is 4. The van der Waals surface area contributed by atoms with Crippen LogP contribution in [0.3, 0.4) is 0 Å². The first-order valence-electron chi connectivity index (χ1n) is 6.60. The molecule has 0 aliphatic carbocycles. The zero-order valence-electron chi connectivity index (χ0n) is 11.4. The van der Waals surface area contributed by atoms with E-state index >= 15 is 0 Å². The summed E-state index contributed by atoms with van der Waals surface area (Å²) in [6.07, 6.45) is 1.98. The topological polar surface area (TPSA) is 12.4 Å². The first-order chi connectivity index (χ1) is 9.22. The van der Waals surface area contributed by atoms with Crippen molar-refractivity contribution in [3.8, 4) is 0 Å². The Bertz CT molecular complexity index is 587. The predicted octanol–water partition coefficient (Wildman–Crippen LogP) is 5.57. The fourth-order valence-electron chi connectivity index (χ4n) is 2.02. The second-order valence-corrected chi connectivity index (χ2v) is 4.98. The first-order valence-corrected chi connectivity index (χ1v) is 6.98. The van der Waals surface area contributed by atoms with Gasteiger partial charge >= 0.3 is 0 Å². The molecule has 0 amide bonds. The highest BCUT2D eigenvalue weighted by atomic mass is 35.5. The summed E-state index contributed by atoms with van der Waals surface area (Å²) in [6.45, 7) is 4.24. The van der Waals surface area contributed by atoms with Gasteiger partial charge in [0.15, 0.2) is 0 Å². The average Bonchev–Trinajstić information content (AvgIpc) is 2.41. The van der Waals surface area contributed by atoms with Crippen LogP contribution >= 0.6 is 11.6 Å². The van der Waals surface area contributed by atoms with Crippen LogP contribution in [0.15, 0.2) is 53.5 Å². The summed E-state index contributed by atoms with van der Waals surface area (Å²) in [6, 6.07) is 16.1. The monoisotopic (exact) mass is 271 g/mol. The standard InChI is InChI=1S/C17H18ClN/c1-3-8-17(14-10-5-6-11-15(14)18)19-16-12-7-4-9-13(16)2/h4-7,9-12H,3,8H2,1-2H3/b19-17+. The molecule has 0 atom stereocenters. The van der Waals surface area contributed by atoms with Crippen LogP contribution in [0.4, 0.5) is 5.69 Å². The molecule has 0 aromatic heterocycles. The number of para-hydroxylation sites is 1. The molecule has 0 heterocycles. The largest absolute Gasteiger partial charge is 0.253 e. The summed E-state index contributed by atoms with van der Waals surface area (Å²) in [4.78, 5) is 4.81. The normalized spacial score (nSPS) is 11.6. The van der Waals surface area contributed by atoms with Crippen molar-refractivity contribution in [2.45, 2.75) is 26.7 Å². The quantitative estimate of drug-likeness (QED) is 0.645. The third kappa shape index (κ3) is 3.45. The zero-order chi connectivity index (χ0) is 13.7. The molecule has 0 spiro atoms. The molecular weight excluding hydrogens is 254 g/mol. The number of benzene rings is 2. The van der Waals surface area contributed by atoms with E-state index < -0.39 is 0 Å². The van der Waals surface area contributed by atoms with Crippen LogP contribution < -0.4 is 0 Å². The van der Waals surface area contributed by atoms with E-state index in [0.717, 1.165) is 34.8 Å². The number of aryl methyl sites for hydroxylation is 1. The highest BCUT2D eigenvalue weighted by molar-refractivity contribution is 6.34. The maximum atomic E-state index is 6.28. The Morgan fingerprint density at radius 3 is 2.42 bits per heavy atom. The molecule has 0 N–H and O–H groups in total. The van der Waals surface area contributed by atoms with Crippen molar-refractivity contribution < 1.29 is 0 Å². The van der Waals surface area contributed by atoms with E-state index in [1.807, 2.05) is 42.5 Å². The minimum absolute atomic E-state index is 0.767. The van der Waals surface area contributed by atoms with E-state index in [-0.39, 0.29) is 0 Å². The van der Waals surface area contributed by atoms with Crippen LogP contribution in [0.5, 0.6) is 0 Å². The number of nitrogens with zero attached hydrogens (tertiary/aromatic N) is 1. The van der Waals surface area contributed by atoms with Crippen molar-refractivity contribution in [2.24, 2.45) is 4.99 Å². The second kappa shape index (κ2) is 6.53. The van der Waals surface area contributed by atoms with Gasteiger partial charge in [-0.05, 0) is 31.0 Å². The van der Waals surface area contributed by atoms with Gasteiger partial charge in [-0.3, -0.25) is 4.99 Å². The van der Waals surface area contributed by atoms with Crippen molar-refractivity contribution in [2.75, 3.05) is 0 Å². The molecule has 19 heavy (non-hydrogen) atoms. The van der Waals surface area contributed by atoms with Gasteiger partial charge in [0.25, 0.3) is 0 Å². The number of hydrogen-bond donors (Lipinski definition) is 0. The van der Waals surface area contributed by atoms with Gasteiger partial charge in [0.1, 0.15) is 0 Å². The van der Waals surface area contributed by atoms with Crippen LogP contribution in [-0.4, -0.2) is 5.71 Å². The van der Waals surface area contributed by atoms with Gasteiger partial charge in [0.05, 0.1) is 5.69 Å². The van der Waals surface area contributed by atoms with Crippen molar-refractivity contribution in [3.05, 3.63) is 64.7 Å². The highest BCUT2D eigenvalue weighted by Crippen LogP contribution is 2.23. The molecule has 0 saturated carbocycles. The van der Waals surface area contributed by atoms with E-state index in [1.54, 1.807) is 0 Å². The van der Waals surface area contributed by atoms with E-state index in [9.17, 15) is 0 Å². The molecule has 0 aliphatic heterocycles. The molecule has 98 valence electrons. The van der Waals surface area contributed by atoms with Gasteiger partial charge in [-0.1, -0.05) is 61.3 Å². The number of halogens is 1. The predicted molar refractivity (Wildman–Crippen MR) is 83.7 cm³/mol. The molecule has 0 saturated heterocycles. The minimum atomic E-state index is 0.767. The van der Waals surface area contributed by atoms with E-state index in [4.69, 9.17) is 16.6 Å². The van der Waals surface area contributed by atoms with Crippen molar-refractivity contribution >= 4 is 23.0 Å². The summed E-state index contributed by atoms with van der Waals surface area (Å²) in [5.74, 6) is 0. The maximum absolute atomic E-state index is 6.28. The Hall–Kier alpha value is -1.60. The molecule has 0 radical (unpaired) electrons. The Labute approximate surface area is 120 Å². The first kappa shape index (κ1) is 13.8. The van der Waals surface area contributed by atoms with Crippen molar-refractivity contribution in [1.82, 2.24) is 0 Å². The lowest BCUT2D eigenvalue weighted by atomic mass is 10.1. The van der Waals surface area contributed by atoms with Gasteiger partial charge in [0.2, 0.25) is 0 Å². The van der Waals surface area contributed by atoms with Gasteiger partial charge in [-0.15, -0.1) is 0 Å². The second-order valence-electron chi connectivity index (χ2n) is 4.57. The third-order valence-corrected chi connectivity index (χ3v) is 3.37. The Morgan fingerprint density at radius 1 is 1.05 bits per heavy atom. The molecule has 2 heteroatoms. The smallest absolute Gasteiger partial charge is 0.0662 e. The number of hydrogen-bond acceptors (Lipinski definition) is 1. The van der Waals surface area contributed by atoms with Gasteiger partial charge in [-0.25, -0.2) is 0 Å². The molecule has 0 fully saturated rings.